The maximum atomic E-state index is 14.3. The van der Waals surface area contributed by atoms with Crippen molar-refractivity contribution >= 4 is 23.5 Å². The van der Waals surface area contributed by atoms with E-state index in [0.717, 1.165) is 11.1 Å². The monoisotopic (exact) mass is 572 g/mol. The topological polar surface area (TPSA) is 91.0 Å². The third-order valence-corrected chi connectivity index (χ3v) is 7.83. The Labute approximate surface area is 250 Å². The van der Waals surface area contributed by atoms with Crippen molar-refractivity contribution in [3.63, 3.8) is 0 Å². The summed E-state index contributed by atoms with van der Waals surface area (Å²) in [5.74, 6) is 0.679. The number of ether oxygens (including phenoxy) is 1. The molecule has 2 N–H and O–H groups in total. The van der Waals surface area contributed by atoms with Gasteiger partial charge in [-0.2, -0.15) is 0 Å². The van der Waals surface area contributed by atoms with Crippen molar-refractivity contribution in [1.29, 1.82) is 0 Å². The van der Waals surface area contributed by atoms with Crippen LogP contribution in [0.4, 0.5) is 10.5 Å². The van der Waals surface area contributed by atoms with Gasteiger partial charge in [0.15, 0.2) is 0 Å². The Morgan fingerprint density at radius 1 is 0.907 bits per heavy atom. The molecule has 0 saturated carbocycles. The van der Waals surface area contributed by atoms with Crippen LogP contribution in [0.2, 0.25) is 0 Å². The van der Waals surface area contributed by atoms with Crippen LogP contribution >= 0.6 is 0 Å². The normalized spacial score (nSPS) is 16.9. The van der Waals surface area contributed by atoms with E-state index >= 15 is 0 Å². The minimum atomic E-state index is -0.807. The molecule has 4 aromatic rings. The highest BCUT2D eigenvalue weighted by molar-refractivity contribution is 6.05. The number of rotatable bonds is 8. The van der Waals surface area contributed by atoms with Crippen LogP contribution in [0, 0.1) is 6.92 Å². The summed E-state index contributed by atoms with van der Waals surface area (Å²) in [6, 6.07) is 32.1. The van der Waals surface area contributed by atoms with E-state index in [4.69, 9.17) is 4.74 Å². The quantitative estimate of drug-likeness (QED) is 0.278. The van der Waals surface area contributed by atoms with Crippen molar-refractivity contribution in [1.82, 2.24) is 15.1 Å². The summed E-state index contributed by atoms with van der Waals surface area (Å²) < 4.78 is 6.03. The molecule has 0 aromatic heterocycles. The van der Waals surface area contributed by atoms with E-state index in [1.807, 2.05) is 116 Å². The van der Waals surface area contributed by atoms with Crippen LogP contribution in [0.25, 0.3) is 0 Å². The maximum absolute atomic E-state index is 14.3. The van der Waals surface area contributed by atoms with Crippen molar-refractivity contribution in [2.24, 2.45) is 0 Å². The molecule has 0 fully saturated rings. The molecular weight excluding hydrogens is 540 g/mol. The van der Waals surface area contributed by atoms with E-state index in [0.29, 0.717) is 40.4 Å². The molecule has 2 atom stereocenters. The fourth-order valence-electron chi connectivity index (χ4n) is 5.52. The maximum Gasteiger partial charge on any atom is 0.322 e. The summed E-state index contributed by atoms with van der Waals surface area (Å²) >= 11 is 0. The first-order valence-electron chi connectivity index (χ1n) is 14.2. The molecule has 8 nitrogen and oxygen atoms in total. The second-order valence-corrected chi connectivity index (χ2v) is 10.8. The molecule has 2 aliphatic rings. The molecule has 43 heavy (non-hydrogen) atoms. The van der Waals surface area contributed by atoms with Crippen molar-refractivity contribution in [2.45, 2.75) is 25.4 Å². The van der Waals surface area contributed by atoms with Gasteiger partial charge in [0, 0.05) is 19.2 Å². The van der Waals surface area contributed by atoms with Crippen LogP contribution in [-0.4, -0.2) is 47.3 Å². The molecule has 6 rings (SSSR count). The number of carbonyl (C=O) groups excluding carboxylic acids is 3. The molecule has 0 radical (unpaired) electrons. The lowest BCUT2D eigenvalue weighted by Crippen LogP contribution is -2.47. The molecule has 8 heteroatoms. The first kappa shape index (κ1) is 27.8. The minimum Gasteiger partial charge on any atom is -0.457 e. The Bertz CT molecular complexity index is 1690. The molecule has 4 amide bonds. The molecule has 0 aliphatic carbocycles. The van der Waals surface area contributed by atoms with Crippen LogP contribution in [-0.2, 0) is 16.0 Å². The number of nitrogens with zero attached hydrogens (tertiary/aromatic N) is 2. The standard InChI is InChI=1S/C35H32N4O4/c1-23-16-18-26(19-17-23)36-33(40)29(20-24-10-5-3-6-11-24)39-22-30-31(34(39)41)32(37-35(42)38(30)2)25-12-9-15-28(21-25)43-27-13-7-4-8-14-27/h3-19,21,29,32H,20,22H2,1-2H3,(H,36,40)(H,37,42)/t29-,32-/m1/s1. The Kier molecular flexibility index (Phi) is 7.66. The number of nitrogens with one attached hydrogen (secondary N) is 2. The second-order valence-electron chi connectivity index (χ2n) is 10.8. The van der Waals surface area contributed by atoms with E-state index in [1.165, 1.54) is 4.90 Å². The zero-order valence-corrected chi connectivity index (χ0v) is 24.0. The Hall–Kier alpha value is -5.37. The van der Waals surface area contributed by atoms with Gasteiger partial charge in [-0.1, -0.05) is 78.4 Å². The number of amides is 4. The smallest absolute Gasteiger partial charge is 0.322 e. The van der Waals surface area contributed by atoms with Crippen LogP contribution in [0.5, 0.6) is 11.5 Å². The van der Waals surface area contributed by atoms with Gasteiger partial charge in [-0.25, -0.2) is 4.79 Å². The first-order valence-corrected chi connectivity index (χ1v) is 14.2. The third kappa shape index (κ3) is 5.85. The molecule has 0 bridgehead atoms. The highest BCUT2D eigenvalue weighted by atomic mass is 16.5. The lowest BCUT2D eigenvalue weighted by Gasteiger charge is -2.31. The summed E-state index contributed by atoms with van der Waals surface area (Å²) in [7, 11) is 1.64. The fraction of sp³-hybridized carbons (Fsp3) is 0.171. The summed E-state index contributed by atoms with van der Waals surface area (Å²) in [5.41, 5.74) is 4.39. The zero-order chi connectivity index (χ0) is 29.9. The van der Waals surface area contributed by atoms with Crippen LogP contribution in [0.1, 0.15) is 22.7 Å². The van der Waals surface area contributed by atoms with Gasteiger partial charge in [-0.05, 0) is 54.4 Å². The average molecular weight is 573 g/mol. The molecule has 2 aliphatic heterocycles. The molecule has 0 unspecified atom stereocenters. The highest BCUT2D eigenvalue weighted by Gasteiger charge is 2.46. The molecule has 0 saturated heterocycles. The number of anilines is 1. The van der Waals surface area contributed by atoms with Gasteiger partial charge in [-0.15, -0.1) is 0 Å². The van der Waals surface area contributed by atoms with E-state index in [1.54, 1.807) is 11.9 Å². The van der Waals surface area contributed by atoms with Gasteiger partial charge in [0.25, 0.3) is 5.91 Å². The van der Waals surface area contributed by atoms with Gasteiger partial charge in [-0.3, -0.25) is 14.5 Å². The summed E-state index contributed by atoms with van der Waals surface area (Å²) in [5, 5.41) is 5.98. The van der Waals surface area contributed by atoms with Crippen LogP contribution in [0.15, 0.2) is 120 Å². The number of aryl methyl sites for hydroxylation is 1. The zero-order valence-electron chi connectivity index (χ0n) is 24.0. The van der Waals surface area contributed by atoms with Crippen molar-refractivity contribution in [3.05, 3.63) is 137 Å². The minimum absolute atomic E-state index is 0.133. The fourth-order valence-corrected chi connectivity index (χ4v) is 5.52. The van der Waals surface area contributed by atoms with Gasteiger partial charge in [0.05, 0.1) is 23.9 Å². The summed E-state index contributed by atoms with van der Waals surface area (Å²) in [6.07, 6.45) is 0.320. The third-order valence-electron chi connectivity index (χ3n) is 7.83. The predicted octanol–water partition coefficient (Wildman–Crippen LogP) is 5.83. The second kappa shape index (κ2) is 11.9. The average Bonchev–Trinajstić information content (AvgIpc) is 3.36. The Morgan fingerprint density at radius 2 is 1.58 bits per heavy atom. The highest BCUT2D eigenvalue weighted by Crippen LogP contribution is 2.38. The van der Waals surface area contributed by atoms with Gasteiger partial charge in [0.2, 0.25) is 5.91 Å². The van der Waals surface area contributed by atoms with Gasteiger partial charge >= 0.3 is 6.03 Å². The first-order chi connectivity index (χ1) is 20.9. The Morgan fingerprint density at radius 3 is 2.30 bits per heavy atom. The van der Waals surface area contributed by atoms with Crippen molar-refractivity contribution < 1.29 is 19.1 Å². The number of likely N-dealkylation sites (N-methyl/N-ethyl adjacent to an activating group) is 1. The molecule has 2 heterocycles. The largest absolute Gasteiger partial charge is 0.457 e. The molecular formula is C35H32N4O4. The molecule has 216 valence electrons. The summed E-state index contributed by atoms with van der Waals surface area (Å²) in [6.45, 7) is 2.11. The van der Waals surface area contributed by atoms with Gasteiger partial charge < -0.3 is 20.3 Å². The van der Waals surface area contributed by atoms with Crippen molar-refractivity contribution in [2.75, 3.05) is 18.9 Å². The lowest BCUT2D eigenvalue weighted by molar-refractivity contribution is -0.134. The Balaban J connectivity index is 1.32. The van der Waals surface area contributed by atoms with Crippen molar-refractivity contribution in [3.8, 4) is 11.5 Å². The number of para-hydroxylation sites is 1. The number of carbonyl (C=O) groups is 3. The van der Waals surface area contributed by atoms with Gasteiger partial charge in [0.1, 0.15) is 17.5 Å². The summed E-state index contributed by atoms with van der Waals surface area (Å²) in [4.78, 5) is 44.2. The lowest BCUT2D eigenvalue weighted by atomic mass is 9.95. The number of urea groups is 1. The van der Waals surface area contributed by atoms with Crippen LogP contribution in [0.3, 0.4) is 0 Å². The van der Waals surface area contributed by atoms with Crippen LogP contribution < -0.4 is 15.4 Å². The van der Waals surface area contributed by atoms with E-state index in [-0.39, 0.29) is 24.4 Å². The van der Waals surface area contributed by atoms with E-state index in [9.17, 15) is 14.4 Å². The van der Waals surface area contributed by atoms with E-state index < -0.39 is 12.1 Å². The predicted molar refractivity (Wildman–Crippen MR) is 164 cm³/mol. The van der Waals surface area contributed by atoms with E-state index in [2.05, 4.69) is 10.6 Å². The molecule has 4 aromatic carbocycles. The molecule has 0 spiro atoms. The number of hydrogen-bond donors (Lipinski definition) is 2. The number of hydrogen-bond acceptors (Lipinski definition) is 4. The SMILES string of the molecule is Cc1ccc(NC(=O)[C@@H](Cc2ccccc2)N2CC3=C(C2=O)[C@@H](c2cccc(Oc4ccccc4)c2)NC(=O)N3C)cc1. The number of benzene rings is 4.